The lowest BCUT2D eigenvalue weighted by Gasteiger charge is -2.25. The summed E-state index contributed by atoms with van der Waals surface area (Å²) in [5, 5.41) is 11.4. The molecule has 1 atom stereocenters. The first kappa shape index (κ1) is 20.8. The van der Waals surface area contributed by atoms with Crippen molar-refractivity contribution in [2.75, 3.05) is 12.0 Å². The molecule has 0 bridgehead atoms. The van der Waals surface area contributed by atoms with Gasteiger partial charge in [0.25, 0.3) is 11.7 Å². The number of ketones is 1. The third-order valence-corrected chi connectivity index (χ3v) is 5.61. The van der Waals surface area contributed by atoms with Crippen LogP contribution in [0.5, 0.6) is 5.75 Å². The number of aryl methyl sites for hydroxylation is 2. The maximum absolute atomic E-state index is 13.1. The molecule has 4 rings (SSSR count). The summed E-state index contributed by atoms with van der Waals surface area (Å²) >= 11 is 6.30. The maximum Gasteiger partial charge on any atom is 0.300 e. The van der Waals surface area contributed by atoms with Crippen molar-refractivity contribution in [2.24, 2.45) is 0 Å². The fourth-order valence-electron chi connectivity index (χ4n) is 3.74. The van der Waals surface area contributed by atoms with Crippen LogP contribution in [-0.2, 0) is 9.59 Å². The van der Waals surface area contributed by atoms with E-state index in [1.165, 1.54) is 18.1 Å². The highest BCUT2D eigenvalue weighted by atomic mass is 35.5. The van der Waals surface area contributed by atoms with E-state index < -0.39 is 23.5 Å². The van der Waals surface area contributed by atoms with Crippen LogP contribution in [0.15, 0.2) is 64.6 Å². The van der Waals surface area contributed by atoms with Gasteiger partial charge in [0.15, 0.2) is 0 Å². The van der Waals surface area contributed by atoms with Crippen molar-refractivity contribution < 1.29 is 23.8 Å². The number of furan rings is 1. The minimum atomic E-state index is -0.947. The number of Topliss-reactive ketones (excluding diaryl/α,β-unsaturated/α-hetero) is 1. The Bertz CT molecular complexity index is 1230. The molecule has 7 heteroatoms. The zero-order valence-electron chi connectivity index (χ0n) is 17.2. The molecular formula is C24H20ClNO5. The van der Waals surface area contributed by atoms with Crippen molar-refractivity contribution >= 4 is 34.7 Å². The third-order valence-electron chi connectivity index (χ3n) is 5.28. The quantitative estimate of drug-likeness (QED) is 0.345. The van der Waals surface area contributed by atoms with E-state index in [1.807, 2.05) is 19.1 Å². The van der Waals surface area contributed by atoms with Crippen LogP contribution in [0.25, 0.3) is 5.76 Å². The van der Waals surface area contributed by atoms with Gasteiger partial charge in [0.1, 0.15) is 29.1 Å². The number of rotatable bonds is 4. The van der Waals surface area contributed by atoms with Gasteiger partial charge in [-0.3, -0.25) is 14.5 Å². The van der Waals surface area contributed by atoms with E-state index in [2.05, 4.69) is 0 Å². The molecule has 1 unspecified atom stereocenters. The minimum Gasteiger partial charge on any atom is -0.507 e. The van der Waals surface area contributed by atoms with Crippen molar-refractivity contribution in [2.45, 2.75) is 19.9 Å². The topological polar surface area (TPSA) is 80.0 Å². The molecule has 31 heavy (non-hydrogen) atoms. The second kappa shape index (κ2) is 7.96. The smallest absolute Gasteiger partial charge is 0.300 e. The molecule has 3 aromatic rings. The van der Waals surface area contributed by atoms with Gasteiger partial charge in [0.2, 0.25) is 0 Å². The molecule has 1 amide bonds. The number of ether oxygens (including phenoxy) is 1. The van der Waals surface area contributed by atoms with Gasteiger partial charge in [-0.2, -0.15) is 0 Å². The summed E-state index contributed by atoms with van der Waals surface area (Å²) in [5.41, 5.74) is 1.45. The Balaban J connectivity index is 1.99. The number of benzene rings is 2. The van der Waals surface area contributed by atoms with Crippen LogP contribution < -0.4 is 9.64 Å². The maximum atomic E-state index is 13.1. The van der Waals surface area contributed by atoms with Gasteiger partial charge in [0, 0.05) is 11.3 Å². The Morgan fingerprint density at radius 3 is 2.48 bits per heavy atom. The Morgan fingerprint density at radius 2 is 1.84 bits per heavy atom. The van der Waals surface area contributed by atoms with E-state index in [4.69, 9.17) is 20.8 Å². The van der Waals surface area contributed by atoms with Crippen LogP contribution in [0.1, 0.15) is 28.7 Å². The summed E-state index contributed by atoms with van der Waals surface area (Å²) in [5.74, 6) is -0.542. The highest BCUT2D eigenvalue weighted by Gasteiger charge is 2.48. The molecule has 158 valence electrons. The lowest BCUT2D eigenvalue weighted by Crippen LogP contribution is -2.29. The van der Waals surface area contributed by atoms with Gasteiger partial charge in [-0.25, -0.2) is 0 Å². The fourth-order valence-corrected chi connectivity index (χ4v) is 3.95. The number of anilines is 1. The average Bonchev–Trinajstić information content (AvgIpc) is 3.29. The fraction of sp³-hybridized carbons (Fsp3) is 0.167. The Kier molecular flexibility index (Phi) is 5.33. The van der Waals surface area contributed by atoms with E-state index in [-0.39, 0.29) is 16.2 Å². The van der Waals surface area contributed by atoms with Gasteiger partial charge >= 0.3 is 0 Å². The number of amides is 1. The van der Waals surface area contributed by atoms with Gasteiger partial charge in [-0.15, -0.1) is 0 Å². The molecule has 1 N–H and O–H groups in total. The van der Waals surface area contributed by atoms with E-state index in [9.17, 15) is 14.7 Å². The zero-order valence-corrected chi connectivity index (χ0v) is 17.9. The number of para-hydroxylation sites is 1. The first-order valence-corrected chi connectivity index (χ1v) is 9.98. The summed E-state index contributed by atoms with van der Waals surface area (Å²) in [6.07, 6.45) is 0. The molecule has 1 aliphatic heterocycles. The van der Waals surface area contributed by atoms with Crippen LogP contribution >= 0.6 is 11.6 Å². The zero-order chi connectivity index (χ0) is 22.3. The Labute approximate surface area is 184 Å². The molecule has 6 nitrogen and oxygen atoms in total. The van der Waals surface area contributed by atoms with E-state index in [0.29, 0.717) is 23.0 Å². The molecule has 0 saturated carbocycles. The van der Waals surface area contributed by atoms with E-state index in [1.54, 1.807) is 43.3 Å². The van der Waals surface area contributed by atoms with Crippen LogP contribution in [0.4, 0.5) is 5.69 Å². The number of aliphatic hydroxyl groups excluding tert-OH is 1. The van der Waals surface area contributed by atoms with Gasteiger partial charge in [-0.05, 0) is 55.8 Å². The molecule has 1 aromatic heterocycles. The third kappa shape index (κ3) is 3.49. The molecule has 0 aliphatic carbocycles. The second-order valence-corrected chi connectivity index (χ2v) is 7.66. The van der Waals surface area contributed by atoms with Crippen LogP contribution in [-0.4, -0.2) is 23.9 Å². The molecule has 2 heterocycles. The molecular weight excluding hydrogens is 418 g/mol. The number of hydrogen-bond acceptors (Lipinski definition) is 5. The first-order chi connectivity index (χ1) is 14.8. The number of hydrogen-bond donors (Lipinski definition) is 1. The van der Waals surface area contributed by atoms with Crippen LogP contribution in [0.2, 0.25) is 5.02 Å². The number of nitrogens with zero attached hydrogens (tertiary/aromatic N) is 1. The molecule has 1 aliphatic rings. The van der Waals surface area contributed by atoms with Gasteiger partial charge in [0.05, 0.1) is 17.7 Å². The summed E-state index contributed by atoms with van der Waals surface area (Å²) in [6, 6.07) is 14.4. The summed E-state index contributed by atoms with van der Waals surface area (Å²) in [4.78, 5) is 27.6. The van der Waals surface area contributed by atoms with Crippen molar-refractivity contribution in [1.29, 1.82) is 0 Å². The Morgan fingerprint density at radius 1 is 1.10 bits per heavy atom. The lowest BCUT2D eigenvalue weighted by molar-refractivity contribution is -0.132. The van der Waals surface area contributed by atoms with E-state index >= 15 is 0 Å². The normalized spacial score (nSPS) is 17.9. The average molecular weight is 438 g/mol. The van der Waals surface area contributed by atoms with Gasteiger partial charge in [-0.1, -0.05) is 29.8 Å². The summed E-state index contributed by atoms with van der Waals surface area (Å²) in [7, 11) is 1.48. The lowest BCUT2D eigenvalue weighted by atomic mass is 9.98. The van der Waals surface area contributed by atoms with Crippen LogP contribution in [0.3, 0.4) is 0 Å². The SMILES string of the molecule is COc1ccc(Cl)c(/C(O)=C2\C(=O)C(=O)N(c3ccccc3C)C2c2ccc(C)o2)c1. The predicted molar refractivity (Wildman–Crippen MR) is 117 cm³/mol. The second-order valence-electron chi connectivity index (χ2n) is 7.25. The largest absolute Gasteiger partial charge is 0.507 e. The molecule has 1 saturated heterocycles. The number of halogens is 1. The highest BCUT2D eigenvalue weighted by Crippen LogP contribution is 2.44. The van der Waals surface area contributed by atoms with Crippen LogP contribution in [0, 0.1) is 13.8 Å². The van der Waals surface area contributed by atoms with Crippen molar-refractivity contribution in [1.82, 2.24) is 0 Å². The standard InChI is InChI=1S/C24H20ClNO5/c1-13-6-4-5-7-18(13)26-21(19-11-8-14(2)31-19)20(23(28)24(26)29)22(27)16-12-15(30-3)9-10-17(16)25/h4-12,21,27H,1-3H3/b22-20+. The molecule has 0 radical (unpaired) electrons. The number of carbonyl (C=O) groups is 2. The number of aliphatic hydroxyl groups is 1. The van der Waals surface area contributed by atoms with Crippen molar-refractivity contribution in [3.05, 3.63) is 87.8 Å². The van der Waals surface area contributed by atoms with Crippen molar-refractivity contribution in [3.8, 4) is 5.75 Å². The first-order valence-electron chi connectivity index (χ1n) is 9.60. The highest BCUT2D eigenvalue weighted by molar-refractivity contribution is 6.52. The Hall–Kier alpha value is -3.51. The summed E-state index contributed by atoms with van der Waals surface area (Å²) < 4.78 is 11.0. The van der Waals surface area contributed by atoms with Crippen molar-refractivity contribution in [3.63, 3.8) is 0 Å². The molecule has 2 aromatic carbocycles. The molecule has 0 spiro atoms. The van der Waals surface area contributed by atoms with E-state index in [0.717, 1.165) is 5.56 Å². The summed E-state index contributed by atoms with van der Waals surface area (Å²) in [6.45, 7) is 3.61. The monoisotopic (exact) mass is 437 g/mol. The number of methoxy groups -OCH3 is 1. The number of carbonyl (C=O) groups excluding carboxylic acids is 2. The predicted octanol–water partition coefficient (Wildman–Crippen LogP) is 5.18. The van der Waals surface area contributed by atoms with Gasteiger partial charge < -0.3 is 14.3 Å². The molecule has 1 fully saturated rings. The minimum absolute atomic E-state index is 0.0993.